The van der Waals surface area contributed by atoms with Crippen molar-refractivity contribution in [1.82, 2.24) is 10.7 Å². The van der Waals surface area contributed by atoms with E-state index in [0.717, 1.165) is 53.4 Å². The van der Waals surface area contributed by atoms with Crippen molar-refractivity contribution in [2.24, 2.45) is 5.92 Å². The van der Waals surface area contributed by atoms with E-state index in [4.69, 9.17) is 4.42 Å². The van der Waals surface area contributed by atoms with Crippen molar-refractivity contribution in [3.05, 3.63) is 84.1 Å². The Labute approximate surface area is 211 Å². The molecular weight excluding hydrogens is 450 g/mol. The number of quaternary nitrogens is 1. The predicted molar refractivity (Wildman–Crippen MR) is 142 cm³/mol. The lowest BCUT2D eigenvalue weighted by Gasteiger charge is -2.34. The van der Waals surface area contributed by atoms with Crippen molar-refractivity contribution in [1.29, 1.82) is 0 Å². The number of likely N-dealkylation sites (tertiary alicyclic amines) is 1. The number of carbonyl (C=O) groups is 2. The van der Waals surface area contributed by atoms with E-state index in [9.17, 15) is 9.59 Å². The van der Waals surface area contributed by atoms with Gasteiger partial charge in [-0.25, -0.2) is 4.59 Å². The number of fused-ring (bicyclic) bond motifs is 2. The van der Waals surface area contributed by atoms with Crippen LogP contribution in [0.3, 0.4) is 0 Å². The fourth-order valence-electron chi connectivity index (χ4n) is 5.25. The van der Waals surface area contributed by atoms with E-state index in [1.807, 2.05) is 66.7 Å². The SMILES string of the molecule is CC(C)C[C@H](NC(=O)c1ccc2ccccc2c1)C(=O)N[N+]1(Cc2cc3ccccc3o2)CCCC1. The number of furan rings is 1. The maximum Gasteiger partial charge on any atom is 0.287 e. The highest BCUT2D eigenvalue weighted by molar-refractivity contribution is 6.00. The van der Waals surface area contributed by atoms with Crippen LogP contribution in [-0.2, 0) is 11.3 Å². The van der Waals surface area contributed by atoms with E-state index < -0.39 is 6.04 Å². The van der Waals surface area contributed by atoms with E-state index in [2.05, 4.69) is 30.7 Å². The van der Waals surface area contributed by atoms with Gasteiger partial charge in [-0.15, -0.1) is 0 Å². The number of hydrogen-bond donors (Lipinski definition) is 2. The Morgan fingerprint density at radius 1 is 0.889 bits per heavy atom. The number of benzene rings is 3. The molecule has 6 heteroatoms. The van der Waals surface area contributed by atoms with Gasteiger partial charge in [-0.2, -0.15) is 5.43 Å². The summed E-state index contributed by atoms with van der Waals surface area (Å²) in [6, 6.07) is 23.0. The van der Waals surface area contributed by atoms with Gasteiger partial charge < -0.3 is 9.73 Å². The lowest BCUT2D eigenvalue weighted by atomic mass is 10.0. The number of nitrogens with one attached hydrogen (secondary N) is 2. The maximum absolute atomic E-state index is 13.6. The molecule has 2 heterocycles. The normalized spacial score (nSPS) is 15.9. The molecule has 1 aliphatic heterocycles. The van der Waals surface area contributed by atoms with Gasteiger partial charge in [0.1, 0.15) is 24.7 Å². The molecule has 2 amide bonds. The predicted octanol–water partition coefficient (Wildman–Crippen LogP) is 5.57. The second-order valence-electron chi connectivity index (χ2n) is 10.4. The number of para-hydroxylation sites is 1. The van der Waals surface area contributed by atoms with E-state index in [-0.39, 0.29) is 17.7 Å². The molecule has 3 aromatic carbocycles. The first-order valence-corrected chi connectivity index (χ1v) is 12.9. The number of nitrogens with zero attached hydrogens (tertiary/aromatic N) is 1. The molecule has 0 unspecified atom stereocenters. The summed E-state index contributed by atoms with van der Waals surface area (Å²) >= 11 is 0. The van der Waals surface area contributed by atoms with E-state index in [1.165, 1.54) is 0 Å². The monoisotopic (exact) mass is 484 g/mol. The molecule has 0 saturated carbocycles. The number of carbonyl (C=O) groups excluding carboxylic acids is 2. The molecule has 4 aromatic rings. The zero-order valence-corrected chi connectivity index (χ0v) is 21.0. The Hall–Kier alpha value is -3.64. The van der Waals surface area contributed by atoms with Crippen LogP contribution < -0.4 is 10.7 Å². The van der Waals surface area contributed by atoms with Crippen molar-refractivity contribution in [2.75, 3.05) is 13.1 Å². The van der Waals surface area contributed by atoms with Gasteiger partial charge in [0.15, 0.2) is 12.3 Å². The van der Waals surface area contributed by atoms with Gasteiger partial charge in [0.05, 0.1) is 0 Å². The minimum absolute atomic E-state index is 0.143. The summed E-state index contributed by atoms with van der Waals surface area (Å²) in [7, 11) is 0. The Morgan fingerprint density at radius 2 is 1.58 bits per heavy atom. The molecule has 1 fully saturated rings. The molecule has 6 nitrogen and oxygen atoms in total. The van der Waals surface area contributed by atoms with E-state index in [0.29, 0.717) is 23.1 Å². The largest absolute Gasteiger partial charge is 0.455 e. The molecule has 0 bridgehead atoms. The average Bonchev–Trinajstić information content (AvgIpc) is 3.49. The molecule has 2 N–H and O–H groups in total. The third-order valence-electron chi connectivity index (χ3n) is 7.05. The molecule has 1 atom stereocenters. The first-order chi connectivity index (χ1) is 17.4. The van der Waals surface area contributed by atoms with Gasteiger partial charge in [-0.05, 0) is 47.4 Å². The lowest BCUT2D eigenvalue weighted by molar-refractivity contribution is -0.964. The number of amides is 2. The van der Waals surface area contributed by atoms with E-state index >= 15 is 0 Å². The smallest absolute Gasteiger partial charge is 0.287 e. The van der Waals surface area contributed by atoms with Crippen molar-refractivity contribution >= 4 is 33.6 Å². The third kappa shape index (κ3) is 5.29. The first kappa shape index (κ1) is 24.1. The van der Waals surface area contributed by atoms with Gasteiger partial charge in [-0.1, -0.05) is 62.4 Å². The van der Waals surface area contributed by atoms with E-state index in [1.54, 1.807) is 0 Å². The Morgan fingerprint density at radius 3 is 2.31 bits per heavy atom. The fraction of sp³-hybridized carbons (Fsp3) is 0.333. The quantitative estimate of drug-likeness (QED) is 0.321. The summed E-state index contributed by atoms with van der Waals surface area (Å²) in [5.41, 5.74) is 4.72. The van der Waals surface area contributed by atoms with Gasteiger partial charge in [-0.3, -0.25) is 9.59 Å². The summed E-state index contributed by atoms with van der Waals surface area (Å²) in [4.78, 5) is 26.8. The molecule has 186 valence electrons. The fourth-order valence-corrected chi connectivity index (χ4v) is 5.25. The number of hydrogen-bond acceptors (Lipinski definition) is 3. The zero-order chi connectivity index (χ0) is 25.1. The standard InChI is InChI=1S/C30H33N3O3/c1-21(2)17-27(31-29(34)25-14-13-22-9-3-4-10-23(22)18-25)30(35)32-33(15-7-8-16-33)20-26-19-24-11-5-6-12-28(24)36-26/h3-6,9-14,18-19,21,27H,7-8,15-17,20H2,1-2H3,(H-,31,32,34,35)/p+1/t27-/m0/s1. The van der Waals surface area contributed by atoms with Gasteiger partial charge >= 0.3 is 0 Å². The molecule has 5 rings (SSSR count). The third-order valence-corrected chi connectivity index (χ3v) is 7.05. The Balaban J connectivity index is 1.33. The van der Waals surface area contributed by atoms with Crippen molar-refractivity contribution in [3.8, 4) is 0 Å². The van der Waals surface area contributed by atoms with Gasteiger partial charge in [0.2, 0.25) is 0 Å². The highest BCUT2D eigenvalue weighted by Crippen LogP contribution is 2.26. The highest BCUT2D eigenvalue weighted by atomic mass is 16.3. The molecular formula is C30H34N3O3+. The molecule has 1 aliphatic rings. The van der Waals surface area contributed by atoms with Crippen LogP contribution in [0, 0.1) is 5.92 Å². The highest BCUT2D eigenvalue weighted by Gasteiger charge is 2.38. The maximum atomic E-state index is 13.6. The minimum atomic E-state index is -0.616. The van der Waals surface area contributed by atoms with Crippen molar-refractivity contribution < 1.29 is 18.6 Å². The first-order valence-electron chi connectivity index (χ1n) is 12.9. The van der Waals surface area contributed by atoms with Crippen LogP contribution >= 0.6 is 0 Å². The summed E-state index contributed by atoms with van der Waals surface area (Å²) < 4.78 is 6.53. The van der Waals surface area contributed by atoms with Crippen molar-refractivity contribution in [3.63, 3.8) is 0 Å². The van der Waals surface area contributed by atoms with Crippen LogP contribution in [0.5, 0.6) is 0 Å². The number of rotatable bonds is 8. The summed E-state index contributed by atoms with van der Waals surface area (Å²) in [5.74, 6) is 0.738. The molecule has 0 radical (unpaired) electrons. The molecule has 1 aromatic heterocycles. The minimum Gasteiger partial charge on any atom is -0.455 e. The van der Waals surface area contributed by atoms with Crippen LogP contribution in [-0.4, -0.2) is 35.5 Å². The van der Waals surface area contributed by atoms with Crippen molar-refractivity contribution in [2.45, 2.75) is 45.7 Å². The zero-order valence-electron chi connectivity index (χ0n) is 21.0. The Bertz CT molecular complexity index is 1350. The molecule has 0 aliphatic carbocycles. The van der Waals surface area contributed by atoms with Crippen LogP contribution in [0.1, 0.15) is 49.2 Å². The second-order valence-corrected chi connectivity index (χ2v) is 10.4. The second kappa shape index (κ2) is 10.2. The van der Waals surface area contributed by atoms with Crippen LogP contribution in [0.4, 0.5) is 0 Å². The van der Waals surface area contributed by atoms with Gasteiger partial charge in [0.25, 0.3) is 11.8 Å². The molecule has 36 heavy (non-hydrogen) atoms. The molecule has 1 saturated heterocycles. The van der Waals surface area contributed by atoms with Crippen LogP contribution in [0.25, 0.3) is 21.7 Å². The summed E-state index contributed by atoms with van der Waals surface area (Å²) in [6.45, 7) is 6.41. The topological polar surface area (TPSA) is 71.3 Å². The molecule has 0 spiro atoms. The van der Waals surface area contributed by atoms with Crippen LogP contribution in [0.2, 0.25) is 0 Å². The van der Waals surface area contributed by atoms with Crippen LogP contribution in [0.15, 0.2) is 77.2 Å². The van der Waals surface area contributed by atoms with Gasteiger partial charge in [0, 0.05) is 23.8 Å². The summed E-state index contributed by atoms with van der Waals surface area (Å²) in [6.07, 6.45) is 2.65. The average molecular weight is 485 g/mol. The Kier molecular flexibility index (Phi) is 6.79. The lowest BCUT2D eigenvalue weighted by Crippen LogP contribution is -2.62. The summed E-state index contributed by atoms with van der Waals surface area (Å²) in [5, 5.41) is 6.17.